The standard InChI is InChI=1S/C15H18ClNO3/c1-20-12-4-5-14(18)13(8-12)15(19)17-10-2-3-11(17)7-9(16)6-10/h4-5,8-11,18H,2-3,6-7H2,1H3. The van der Waals surface area contributed by atoms with Crippen molar-refractivity contribution in [2.24, 2.45) is 0 Å². The molecule has 2 unspecified atom stereocenters. The number of phenols is 1. The Kier molecular flexibility index (Phi) is 3.50. The van der Waals surface area contributed by atoms with E-state index >= 15 is 0 Å². The second-order valence-electron chi connectivity index (χ2n) is 5.55. The molecule has 5 heteroatoms. The predicted molar refractivity (Wildman–Crippen MR) is 76.5 cm³/mol. The third-order valence-electron chi connectivity index (χ3n) is 4.34. The zero-order valence-electron chi connectivity index (χ0n) is 11.4. The predicted octanol–water partition coefficient (Wildman–Crippen LogP) is 2.78. The number of nitrogens with zero attached hydrogens (tertiary/aromatic N) is 1. The van der Waals surface area contributed by atoms with E-state index in [4.69, 9.17) is 16.3 Å². The SMILES string of the molecule is COc1ccc(O)c(C(=O)N2C3CCC2CC(Cl)C3)c1. The molecule has 0 saturated carbocycles. The third kappa shape index (κ3) is 2.22. The lowest BCUT2D eigenvalue weighted by Gasteiger charge is -2.37. The lowest BCUT2D eigenvalue weighted by molar-refractivity contribution is 0.0596. The molecule has 0 spiro atoms. The summed E-state index contributed by atoms with van der Waals surface area (Å²) in [5.41, 5.74) is 0.314. The van der Waals surface area contributed by atoms with E-state index in [0.717, 1.165) is 25.7 Å². The molecule has 2 aliphatic rings. The number of alkyl halides is 1. The number of aromatic hydroxyl groups is 1. The number of hydrogen-bond acceptors (Lipinski definition) is 3. The van der Waals surface area contributed by atoms with Gasteiger partial charge in [-0.25, -0.2) is 0 Å². The molecular formula is C15H18ClNO3. The number of fused-ring (bicyclic) bond motifs is 2. The Labute approximate surface area is 123 Å². The number of piperidine rings is 1. The van der Waals surface area contributed by atoms with Crippen molar-refractivity contribution in [3.05, 3.63) is 23.8 Å². The van der Waals surface area contributed by atoms with E-state index in [1.54, 1.807) is 19.2 Å². The van der Waals surface area contributed by atoms with Crippen LogP contribution in [0.15, 0.2) is 18.2 Å². The molecule has 3 rings (SSSR count). The van der Waals surface area contributed by atoms with Gasteiger partial charge in [-0.05, 0) is 43.9 Å². The van der Waals surface area contributed by atoms with Gasteiger partial charge in [-0.3, -0.25) is 4.79 Å². The molecule has 2 aliphatic heterocycles. The first-order valence-corrected chi connectivity index (χ1v) is 7.37. The van der Waals surface area contributed by atoms with Crippen molar-refractivity contribution in [1.82, 2.24) is 4.90 Å². The zero-order valence-corrected chi connectivity index (χ0v) is 12.1. The number of rotatable bonds is 2. The van der Waals surface area contributed by atoms with E-state index < -0.39 is 0 Å². The van der Waals surface area contributed by atoms with Gasteiger partial charge in [0.15, 0.2) is 0 Å². The molecule has 1 aromatic carbocycles. The Morgan fingerprint density at radius 2 is 2.00 bits per heavy atom. The van der Waals surface area contributed by atoms with Crippen LogP contribution in [0.25, 0.3) is 0 Å². The molecule has 2 atom stereocenters. The average Bonchev–Trinajstić information content (AvgIpc) is 2.71. The summed E-state index contributed by atoms with van der Waals surface area (Å²) in [5, 5.41) is 10.1. The number of methoxy groups -OCH3 is 1. The largest absolute Gasteiger partial charge is 0.507 e. The number of hydrogen-bond donors (Lipinski definition) is 1. The zero-order chi connectivity index (χ0) is 14.3. The highest BCUT2D eigenvalue weighted by Gasteiger charge is 2.43. The van der Waals surface area contributed by atoms with Gasteiger partial charge in [0.1, 0.15) is 11.5 Å². The molecule has 4 nitrogen and oxygen atoms in total. The van der Waals surface area contributed by atoms with Crippen molar-refractivity contribution >= 4 is 17.5 Å². The van der Waals surface area contributed by atoms with Gasteiger partial charge in [-0.2, -0.15) is 0 Å². The molecule has 2 bridgehead atoms. The van der Waals surface area contributed by atoms with Crippen molar-refractivity contribution in [2.45, 2.75) is 43.1 Å². The van der Waals surface area contributed by atoms with Crippen LogP contribution in [-0.4, -0.2) is 40.5 Å². The minimum absolute atomic E-state index is 0.00296. The normalized spacial score (nSPS) is 28.5. The quantitative estimate of drug-likeness (QED) is 0.854. The molecule has 1 aromatic rings. The van der Waals surface area contributed by atoms with Crippen LogP contribution in [0.4, 0.5) is 0 Å². The summed E-state index contributed by atoms with van der Waals surface area (Å²) in [7, 11) is 1.54. The summed E-state index contributed by atoms with van der Waals surface area (Å²) in [6.07, 6.45) is 3.69. The number of amides is 1. The molecule has 2 saturated heterocycles. The minimum Gasteiger partial charge on any atom is -0.507 e. The number of ether oxygens (including phenoxy) is 1. The van der Waals surface area contributed by atoms with Gasteiger partial charge < -0.3 is 14.7 Å². The van der Waals surface area contributed by atoms with E-state index in [1.165, 1.54) is 6.07 Å². The van der Waals surface area contributed by atoms with Gasteiger partial charge in [-0.1, -0.05) is 0 Å². The summed E-state index contributed by atoms with van der Waals surface area (Å²) in [4.78, 5) is 14.6. The second-order valence-corrected chi connectivity index (χ2v) is 6.17. The smallest absolute Gasteiger partial charge is 0.258 e. The fraction of sp³-hybridized carbons (Fsp3) is 0.533. The van der Waals surface area contributed by atoms with Crippen molar-refractivity contribution < 1.29 is 14.6 Å². The van der Waals surface area contributed by atoms with E-state index in [0.29, 0.717) is 11.3 Å². The Balaban J connectivity index is 1.90. The Morgan fingerprint density at radius 1 is 1.35 bits per heavy atom. The lowest BCUT2D eigenvalue weighted by atomic mass is 10.0. The van der Waals surface area contributed by atoms with Crippen LogP contribution in [-0.2, 0) is 0 Å². The highest BCUT2D eigenvalue weighted by molar-refractivity contribution is 6.20. The Bertz CT molecular complexity index is 520. The first kappa shape index (κ1) is 13.6. The van der Waals surface area contributed by atoms with Crippen LogP contribution in [0.3, 0.4) is 0 Å². The van der Waals surface area contributed by atoms with Gasteiger partial charge in [-0.15, -0.1) is 11.6 Å². The number of carbonyl (C=O) groups excluding carboxylic acids is 1. The Hall–Kier alpha value is -1.42. The van der Waals surface area contributed by atoms with Gasteiger partial charge in [0.25, 0.3) is 5.91 Å². The second kappa shape index (κ2) is 5.17. The number of halogens is 1. The number of benzene rings is 1. The highest BCUT2D eigenvalue weighted by atomic mass is 35.5. The molecular weight excluding hydrogens is 278 g/mol. The Morgan fingerprint density at radius 3 is 2.60 bits per heavy atom. The number of carbonyl (C=O) groups is 1. The first-order chi connectivity index (χ1) is 9.60. The molecule has 2 heterocycles. The van der Waals surface area contributed by atoms with E-state index in [1.807, 2.05) is 4.90 Å². The maximum absolute atomic E-state index is 12.7. The summed E-state index contributed by atoms with van der Waals surface area (Å²) in [6.45, 7) is 0. The van der Waals surface area contributed by atoms with Gasteiger partial charge in [0.2, 0.25) is 0 Å². The molecule has 0 radical (unpaired) electrons. The van der Waals surface area contributed by atoms with Crippen molar-refractivity contribution in [3.63, 3.8) is 0 Å². The van der Waals surface area contributed by atoms with Gasteiger partial charge in [0, 0.05) is 17.5 Å². The van der Waals surface area contributed by atoms with Gasteiger partial charge >= 0.3 is 0 Å². The maximum Gasteiger partial charge on any atom is 0.258 e. The van der Waals surface area contributed by atoms with Crippen LogP contribution < -0.4 is 4.74 Å². The van der Waals surface area contributed by atoms with Crippen LogP contribution >= 0.6 is 11.6 Å². The fourth-order valence-corrected chi connectivity index (χ4v) is 3.81. The number of phenolic OH excluding ortho intramolecular Hbond substituents is 1. The van der Waals surface area contributed by atoms with Crippen molar-refractivity contribution in [2.75, 3.05) is 7.11 Å². The van der Waals surface area contributed by atoms with Crippen LogP contribution in [0.5, 0.6) is 11.5 Å². The van der Waals surface area contributed by atoms with Crippen LogP contribution in [0.2, 0.25) is 0 Å². The van der Waals surface area contributed by atoms with Crippen molar-refractivity contribution in [1.29, 1.82) is 0 Å². The monoisotopic (exact) mass is 295 g/mol. The van der Waals surface area contributed by atoms with E-state index in [2.05, 4.69) is 0 Å². The summed E-state index contributed by atoms with van der Waals surface area (Å²) >= 11 is 6.23. The summed E-state index contributed by atoms with van der Waals surface area (Å²) in [5.74, 6) is 0.464. The molecule has 0 aliphatic carbocycles. The summed E-state index contributed by atoms with van der Waals surface area (Å²) < 4.78 is 5.13. The molecule has 108 valence electrons. The summed E-state index contributed by atoms with van der Waals surface area (Å²) in [6, 6.07) is 5.15. The topological polar surface area (TPSA) is 49.8 Å². The van der Waals surface area contributed by atoms with E-state index in [9.17, 15) is 9.90 Å². The van der Waals surface area contributed by atoms with Crippen molar-refractivity contribution in [3.8, 4) is 11.5 Å². The fourth-order valence-electron chi connectivity index (χ4n) is 3.39. The highest BCUT2D eigenvalue weighted by Crippen LogP contribution is 2.39. The molecule has 2 fully saturated rings. The molecule has 20 heavy (non-hydrogen) atoms. The maximum atomic E-state index is 12.7. The van der Waals surface area contributed by atoms with Gasteiger partial charge in [0.05, 0.1) is 12.7 Å². The van der Waals surface area contributed by atoms with Crippen LogP contribution in [0.1, 0.15) is 36.0 Å². The van der Waals surface area contributed by atoms with E-state index in [-0.39, 0.29) is 29.1 Å². The lowest BCUT2D eigenvalue weighted by Crippen LogP contribution is -2.46. The average molecular weight is 296 g/mol. The minimum atomic E-state index is -0.113. The molecule has 1 amide bonds. The molecule has 0 aromatic heterocycles. The van der Waals surface area contributed by atoms with Crippen LogP contribution in [0, 0.1) is 0 Å². The molecule has 1 N–H and O–H groups in total. The first-order valence-electron chi connectivity index (χ1n) is 6.94. The third-order valence-corrected chi connectivity index (χ3v) is 4.70.